The quantitative estimate of drug-likeness (QED) is 0.693. The van der Waals surface area contributed by atoms with Gasteiger partial charge in [0.1, 0.15) is 5.76 Å². The lowest BCUT2D eigenvalue weighted by Gasteiger charge is -2.31. The molecule has 8 nitrogen and oxygen atoms in total. The molecule has 0 saturated heterocycles. The summed E-state index contributed by atoms with van der Waals surface area (Å²) in [6, 6.07) is 8.86. The predicted molar refractivity (Wildman–Crippen MR) is 119 cm³/mol. The third kappa shape index (κ3) is 5.32. The lowest BCUT2D eigenvalue weighted by atomic mass is 9.99. The predicted octanol–water partition coefficient (Wildman–Crippen LogP) is 2.57. The number of nitrogens with zero attached hydrogens (tertiary/aromatic N) is 2. The van der Waals surface area contributed by atoms with Gasteiger partial charge in [0, 0.05) is 30.4 Å². The molecular weight excluding hydrogens is 396 g/mol. The molecule has 0 radical (unpaired) electrons. The molecule has 0 bridgehead atoms. The van der Waals surface area contributed by atoms with Crippen molar-refractivity contribution in [2.45, 2.75) is 32.7 Å². The van der Waals surface area contributed by atoms with Crippen molar-refractivity contribution < 1.29 is 18.8 Å². The highest BCUT2D eigenvalue weighted by atomic mass is 16.3. The van der Waals surface area contributed by atoms with Gasteiger partial charge in [-0.3, -0.25) is 19.3 Å². The molecule has 2 heterocycles. The zero-order valence-corrected chi connectivity index (χ0v) is 18.5. The molecule has 1 aromatic carbocycles. The number of aryl methyl sites for hydroxylation is 1. The molecule has 166 valence electrons. The zero-order chi connectivity index (χ0) is 22.5. The lowest BCUT2D eigenvalue weighted by molar-refractivity contribution is -0.136. The van der Waals surface area contributed by atoms with Crippen LogP contribution < -0.4 is 15.5 Å². The molecule has 0 aliphatic carbocycles. The number of carbonyl (C=O) groups is 3. The summed E-state index contributed by atoms with van der Waals surface area (Å²) in [6.45, 7) is 4.63. The first-order valence-electron chi connectivity index (χ1n) is 10.5. The highest BCUT2D eigenvalue weighted by Gasteiger charge is 2.25. The summed E-state index contributed by atoms with van der Waals surface area (Å²) in [5.74, 6) is -0.848. The largest absolute Gasteiger partial charge is 0.468 e. The third-order valence-electron chi connectivity index (χ3n) is 5.38. The second kappa shape index (κ2) is 9.78. The van der Waals surface area contributed by atoms with Crippen molar-refractivity contribution in [1.29, 1.82) is 0 Å². The minimum Gasteiger partial charge on any atom is -0.468 e. The van der Waals surface area contributed by atoms with Crippen LogP contribution in [-0.2, 0) is 20.8 Å². The number of benzene rings is 1. The standard InChI is InChI=1S/C23H30N4O4/c1-15(2)23(30)27-11-5-7-16-9-10-17(13-18(16)27)25-22(29)21(28)24-14-19(26(3)4)20-8-6-12-31-20/h6,8-10,12-13,15,19H,5,7,11,14H2,1-4H3,(H,24,28)(H,25,29). The van der Waals surface area contributed by atoms with E-state index in [0.717, 1.165) is 24.1 Å². The van der Waals surface area contributed by atoms with Crippen LogP contribution in [0, 0.1) is 5.92 Å². The number of anilines is 2. The third-order valence-corrected chi connectivity index (χ3v) is 5.38. The molecule has 1 unspecified atom stereocenters. The first-order valence-corrected chi connectivity index (χ1v) is 10.5. The molecule has 1 aliphatic rings. The molecule has 0 fully saturated rings. The van der Waals surface area contributed by atoms with Crippen molar-refractivity contribution in [3.63, 3.8) is 0 Å². The molecule has 31 heavy (non-hydrogen) atoms. The first-order chi connectivity index (χ1) is 14.8. The molecule has 8 heteroatoms. The SMILES string of the molecule is CC(C)C(=O)N1CCCc2ccc(NC(=O)C(=O)NCC(c3ccco3)N(C)C)cc21. The molecule has 1 aliphatic heterocycles. The van der Waals surface area contributed by atoms with E-state index in [1.54, 1.807) is 29.4 Å². The lowest BCUT2D eigenvalue weighted by Crippen LogP contribution is -2.40. The average molecular weight is 427 g/mol. The van der Waals surface area contributed by atoms with E-state index in [9.17, 15) is 14.4 Å². The van der Waals surface area contributed by atoms with Crippen LogP contribution in [-0.4, -0.2) is 49.8 Å². The van der Waals surface area contributed by atoms with Gasteiger partial charge >= 0.3 is 11.8 Å². The van der Waals surface area contributed by atoms with E-state index >= 15 is 0 Å². The summed E-state index contributed by atoms with van der Waals surface area (Å²) in [5, 5.41) is 5.30. The average Bonchev–Trinajstić information content (AvgIpc) is 3.26. The van der Waals surface area contributed by atoms with Gasteiger partial charge in [0.2, 0.25) is 5.91 Å². The van der Waals surface area contributed by atoms with Gasteiger partial charge in [-0.1, -0.05) is 19.9 Å². The highest BCUT2D eigenvalue weighted by molar-refractivity contribution is 6.39. The Kier molecular flexibility index (Phi) is 7.12. The van der Waals surface area contributed by atoms with Crippen LogP contribution in [0.15, 0.2) is 41.0 Å². The fourth-order valence-corrected chi connectivity index (χ4v) is 3.67. The number of furan rings is 1. The topological polar surface area (TPSA) is 94.9 Å². The molecule has 0 spiro atoms. The minimum atomic E-state index is -0.755. The summed E-state index contributed by atoms with van der Waals surface area (Å²) in [6.07, 6.45) is 3.36. The Hall–Kier alpha value is -3.13. The summed E-state index contributed by atoms with van der Waals surface area (Å²) in [5.41, 5.74) is 2.35. The van der Waals surface area contributed by atoms with Gasteiger partial charge in [-0.25, -0.2) is 0 Å². The van der Waals surface area contributed by atoms with Crippen LogP contribution in [0.25, 0.3) is 0 Å². The van der Waals surface area contributed by atoms with Gasteiger partial charge in [-0.15, -0.1) is 0 Å². The van der Waals surface area contributed by atoms with Gasteiger partial charge in [0.25, 0.3) is 0 Å². The fourth-order valence-electron chi connectivity index (χ4n) is 3.67. The number of likely N-dealkylation sites (N-methyl/N-ethyl adjacent to an activating group) is 1. The number of hydrogen-bond donors (Lipinski definition) is 2. The van der Waals surface area contributed by atoms with Crippen molar-refractivity contribution in [3.8, 4) is 0 Å². The molecule has 2 N–H and O–H groups in total. The smallest absolute Gasteiger partial charge is 0.313 e. The van der Waals surface area contributed by atoms with Crippen molar-refractivity contribution in [3.05, 3.63) is 47.9 Å². The zero-order valence-electron chi connectivity index (χ0n) is 18.5. The van der Waals surface area contributed by atoms with Gasteiger partial charge in [-0.05, 0) is 56.8 Å². The van der Waals surface area contributed by atoms with E-state index in [1.807, 2.05) is 45.0 Å². The van der Waals surface area contributed by atoms with Gasteiger partial charge in [0.15, 0.2) is 0 Å². The second-order valence-corrected chi connectivity index (χ2v) is 8.25. The minimum absolute atomic E-state index is 0.0508. The Bertz CT molecular complexity index is 937. The maximum Gasteiger partial charge on any atom is 0.313 e. The number of amides is 3. The van der Waals surface area contributed by atoms with Crippen LogP contribution in [0.2, 0.25) is 0 Å². The number of hydrogen-bond acceptors (Lipinski definition) is 5. The van der Waals surface area contributed by atoms with E-state index in [0.29, 0.717) is 18.0 Å². The molecule has 2 aromatic rings. The summed E-state index contributed by atoms with van der Waals surface area (Å²) >= 11 is 0. The molecule has 1 atom stereocenters. The van der Waals surface area contributed by atoms with Gasteiger partial charge in [-0.2, -0.15) is 0 Å². The molecular formula is C23H30N4O4. The Morgan fingerprint density at radius 1 is 1.16 bits per heavy atom. The second-order valence-electron chi connectivity index (χ2n) is 8.25. The number of fused-ring (bicyclic) bond motifs is 1. The van der Waals surface area contributed by atoms with Crippen molar-refractivity contribution in [2.75, 3.05) is 37.4 Å². The van der Waals surface area contributed by atoms with Crippen LogP contribution in [0.4, 0.5) is 11.4 Å². The Balaban J connectivity index is 1.65. The van der Waals surface area contributed by atoms with E-state index < -0.39 is 11.8 Å². The molecule has 3 amide bonds. The van der Waals surface area contributed by atoms with Crippen LogP contribution >= 0.6 is 0 Å². The summed E-state index contributed by atoms with van der Waals surface area (Å²) in [4.78, 5) is 41.0. The normalized spacial score (nSPS) is 14.3. The van der Waals surface area contributed by atoms with E-state index in [-0.39, 0.29) is 24.4 Å². The van der Waals surface area contributed by atoms with Crippen LogP contribution in [0.5, 0.6) is 0 Å². The Morgan fingerprint density at radius 3 is 2.58 bits per heavy atom. The summed E-state index contributed by atoms with van der Waals surface area (Å²) in [7, 11) is 3.74. The number of rotatable bonds is 6. The van der Waals surface area contributed by atoms with Gasteiger partial charge in [0.05, 0.1) is 12.3 Å². The van der Waals surface area contributed by atoms with Crippen molar-refractivity contribution in [1.82, 2.24) is 10.2 Å². The van der Waals surface area contributed by atoms with Crippen LogP contribution in [0.1, 0.15) is 37.6 Å². The monoisotopic (exact) mass is 426 g/mol. The number of nitrogens with one attached hydrogen (secondary N) is 2. The van der Waals surface area contributed by atoms with E-state index in [1.165, 1.54) is 0 Å². The highest BCUT2D eigenvalue weighted by Crippen LogP contribution is 2.31. The van der Waals surface area contributed by atoms with Gasteiger partial charge < -0.3 is 20.0 Å². The van der Waals surface area contributed by atoms with E-state index in [4.69, 9.17) is 4.42 Å². The summed E-state index contributed by atoms with van der Waals surface area (Å²) < 4.78 is 5.42. The first kappa shape index (κ1) is 22.6. The molecule has 3 rings (SSSR count). The van der Waals surface area contributed by atoms with E-state index in [2.05, 4.69) is 10.6 Å². The van der Waals surface area contributed by atoms with Crippen molar-refractivity contribution in [2.24, 2.45) is 5.92 Å². The maximum absolute atomic E-state index is 12.6. The Labute approximate surface area is 182 Å². The Morgan fingerprint density at radius 2 is 1.94 bits per heavy atom. The number of carbonyl (C=O) groups excluding carboxylic acids is 3. The molecule has 1 aromatic heterocycles. The maximum atomic E-state index is 12.6. The fraction of sp³-hybridized carbons (Fsp3) is 0.435. The van der Waals surface area contributed by atoms with Crippen LogP contribution in [0.3, 0.4) is 0 Å². The van der Waals surface area contributed by atoms with Crippen molar-refractivity contribution >= 4 is 29.1 Å². The molecule has 0 saturated carbocycles.